The Kier molecular flexibility index (Phi) is 5.38. The lowest BCUT2D eigenvalue weighted by atomic mass is 10.6. The molecule has 0 radical (unpaired) electrons. The summed E-state index contributed by atoms with van der Waals surface area (Å²) in [6.07, 6.45) is 5.23. The van der Waals surface area contributed by atoms with Gasteiger partial charge in [0.05, 0.1) is 6.54 Å². The van der Waals surface area contributed by atoms with Gasteiger partial charge < -0.3 is 0 Å². The summed E-state index contributed by atoms with van der Waals surface area (Å²) in [6, 6.07) is 0. The van der Waals surface area contributed by atoms with Gasteiger partial charge >= 0.3 is 0 Å². The van der Waals surface area contributed by atoms with Gasteiger partial charge in [-0.1, -0.05) is 0 Å². The smallest absolute Gasteiger partial charge is 0.0583 e. The molecule has 0 unspecified atom stereocenters. The van der Waals surface area contributed by atoms with Gasteiger partial charge in [0, 0.05) is 6.20 Å². The van der Waals surface area contributed by atoms with Crippen molar-refractivity contribution in [3.63, 3.8) is 0 Å². The average Bonchev–Trinajstić information content (AvgIpc) is 1.81. The molecule has 0 rings (SSSR count). The van der Waals surface area contributed by atoms with Gasteiger partial charge in [-0.05, 0) is 25.9 Å². The van der Waals surface area contributed by atoms with Crippen LogP contribution in [0.5, 0.6) is 0 Å². The molecule has 0 fully saturated rings. The predicted octanol–water partition coefficient (Wildman–Crippen LogP) is 1.29. The van der Waals surface area contributed by atoms with Crippen molar-refractivity contribution in [3.05, 3.63) is 12.3 Å². The second-order valence-electron chi connectivity index (χ2n) is 1.19. The summed E-state index contributed by atoms with van der Waals surface area (Å²) in [7, 11) is 0. The normalized spacial score (nSPS) is 11.1. The van der Waals surface area contributed by atoms with Crippen LogP contribution in [0.1, 0.15) is 6.92 Å². The Morgan fingerprint density at radius 1 is 1.62 bits per heavy atom. The molecule has 0 aromatic rings. The SMILES string of the molecule is C=N/C=C\CN=CC. The fraction of sp³-hybridized carbons (Fsp3) is 0.333. The first-order valence-corrected chi connectivity index (χ1v) is 2.47. The first kappa shape index (κ1) is 7.08. The van der Waals surface area contributed by atoms with Crippen LogP contribution < -0.4 is 0 Å². The molecule has 0 amide bonds. The van der Waals surface area contributed by atoms with Crippen molar-refractivity contribution < 1.29 is 0 Å². The molecule has 0 saturated heterocycles. The van der Waals surface area contributed by atoms with Gasteiger partial charge in [0.15, 0.2) is 0 Å². The van der Waals surface area contributed by atoms with E-state index in [2.05, 4.69) is 16.7 Å². The lowest BCUT2D eigenvalue weighted by molar-refractivity contribution is 1.24. The van der Waals surface area contributed by atoms with E-state index in [-0.39, 0.29) is 0 Å². The molecule has 44 valence electrons. The third-order valence-electron chi connectivity index (χ3n) is 0.604. The quantitative estimate of drug-likeness (QED) is 0.489. The lowest BCUT2D eigenvalue weighted by Gasteiger charge is -1.75. The topological polar surface area (TPSA) is 24.7 Å². The fourth-order valence-corrected chi connectivity index (χ4v) is 0.288. The zero-order valence-electron chi connectivity index (χ0n) is 5.04. The van der Waals surface area contributed by atoms with Gasteiger partial charge in [0.2, 0.25) is 0 Å². The minimum Gasteiger partial charge on any atom is -0.294 e. The second-order valence-corrected chi connectivity index (χ2v) is 1.19. The van der Waals surface area contributed by atoms with Crippen LogP contribution in [0.4, 0.5) is 0 Å². The van der Waals surface area contributed by atoms with Crippen LogP contribution in [0.25, 0.3) is 0 Å². The van der Waals surface area contributed by atoms with Crippen LogP contribution in [-0.2, 0) is 0 Å². The van der Waals surface area contributed by atoms with E-state index in [4.69, 9.17) is 0 Å². The first-order chi connectivity index (χ1) is 3.91. The van der Waals surface area contributed by atoms with Crippen LogP contribution in [-0.4, -0.2) is 19.5 Å². The van der Waals surface area contributed by atoms with Crippen molar-refractivity contribution in [2.75, 3.05) is 6.54 Å². The van der Waals surface area contributed by atoms with Gasteiger partial charge in [0.1, 0.15) is 0 Å². The Bertz CT molecular complexity index is 103. The van der Waals surface area contributed by atoms with Crippen molar-refractivity contribution in [2.24, 2.45) is 9.98 Å². The molecule has 0 heterocycles. The Morgan fingerprint density at radius 2 is 2.38 bits per heavy atom. The summed E-state index contributed by atoms with van der Waals surface area (Å²) in [4.78, 5) is 7.41. The van der Waals surface area contributed by atoms with Gasteiger partial charge in [-0.15, -0.1) is 0 Å². The van der Waals surface area contributed by atoms with Crippen molar-refractivity contribution in [1.82, 2.24) is 0 Å². The van der Waals surface area contributed by atoms with Crippen molar-refractivity contribution in [1.29, 1.82) is 0 Å². The van der Waals surface area contributed by atoms with Crippen molar-refractivity contribution in [3.8, 4) is 0 Å². The van der Waals surface area contributed by atoms with Crippen molar-refractivity contribution in [2.45, 2.75) is 6.92 Å². The molecule has 8 heavy (non-hydrogen) atoms. The molecule has 2 heteroatoms. The van der Waals surface area contributed by atoms with Crippen LogP contribution in [0.3, 0.4) is 0 Å². The summed E-state index contributed by atoms with van der Waals surface area (Å²) < 4.78 is 0. The average molecular weight is 110 g/mol. The molecular weight excluding hydrogens is 100 g/mol. The molecule has 0 aromatic carbocycles. The van der Waals surface area contributed by atoms with E-state index in [9.17, 15) is 0 Å². The second kappa shape index (κ2) is 6.08. The molecule has 0 aliphatic rings. The minimum absolute atomic E-state index is 0.704. The van der Waals surface area contributed by atoms with E-state index in [0.29, 0.717) is 6.54 Å². The molecule has 0 aromatic heterocycles. The highest BCUT2D eigenvalue weighted by molar-refractivity contribution is 5.53. The minimum atomic E-state index is 0.704. The van der Waals surface area contributed by atoms with E-state index in [0.717, 1.165) is 0 Å². The van der Waals surface area contributed by atoms with Gasteiger partial charge in [0.25, 0.3) is 0 Å². The standard InChI is InChI=1S/C6H10N2/c1-3-8-6-4-5-7-2/h3-5H,2,6H2,1H3/b5-4-,8-3?. The maximum atomic E-state index is 3.91. The maximum absolute atomic E-state index is 3.91. The summed E-state index contributed by atoms with van der Waals surface area (Å²) in [5, 5.41) is 0. The highest BCUT2D eigenvalue weighted by Gasteiger charge is 1.63. The largest absolute Gasteiger partial charge is 0.294 e. The van der Waals surface area contributed by atoms with Gasteiger partial charge in [-0.25, -0.2) is 0 Å². The highest BCUT2D eigenvalue weighted by atomic mass is 14.7. The molecular formula is C6H10N2. The Labute approximate surface area is 49.7 Å². The van der Waals surface area contributed by atoms with E-state index in [1.165, 1.54) is 0 Å². The molecule has 0 spiro atoms. The predicted molar refractivity (Wildman–Crippen MR) is 37.7 cm³/mol. The number of aliphatic imine (C=N–C) groups is 2. The van der Waals surface area contributed by atoms with E-state index < -0.39 is 0 Å². The van der Waals surface area contributed by atoms with Crippen LogP contribution in [0.2, 0.25) is 0 Å². The van der Waals surface area contributed by atoms with Crippen LogP contribution in [0.15, 0.2) is 22.3 Å². The summed E-state index contributed by atoms with van der Waals surface area (Å²) in [6.45, 7) is 5.86. The molecule has 0 aliphatic heterocycles. The summed E-state index contributed by atoms with van der Waals surface area (Å²) in [5.74, 6) is 0. The molecule has 0 bridgehead atoms. The Hall–Kier alpha value is -0.920. The highest BCUT2D eigenvalue weighted by Crippen LogP contribution is 1.73. The summed E-state index contributed by atoms with van der Waals surface area (Å²) >= 11 is 0. The van der Waals surface area contributed by atoms with E-state index in [1.807, 2.05) is 13.0 Å². The molecule has 0 N–H and O–H groups in total. The Balaban J connectivity index is 3.15. The number of rotatable bonds is 3. The zero-order chi connectivity index (χ0) is 6.24. The van der Waals surface area contributed by atoms with Crippen LogP contribution >= 0.6 is 0 Å². The molecule has 2 nitrogen and oxygen atoms in total. The van der Waals surface area contributed by atoms with Gasteiger partial charge in [-0.3, -0.25) is 9.98 Å². The van der Waals surface area contributed by atoms with Crippen LogP contribution in [0, 0.1) is 0 Å². The first-order valence-electron chi connectivity index (χ1n) is 2.47. The molecule has 0 aliphatic carbocycles. The third-order valence-corrected chi connectivity index (χ3v) is 0.604. The Morgan fingerprint density at radius 3 is 2.88 bits per heavy atom. The lowest BCUT2D eigenvalue weighted by Crippen LogP contribution is -1.68. The van der Waals surface area contributed by atoms with E-state index in [1.54, 1.807) is 12.4 Å². The van der Waals surface area contributed by atoms with E-state index >= 15 is 0 Å². The fourth-order valence-electron chi connectivity index (χ4n) is 0.288. The van der Waals surface area contributed by atoms with Crippen molar-refractivity contribution >= 4 is 12.9 Å². The van der Waals surface area contributed by atoms with Gasteiger partial charge in [-0.2, -0.15) is 0 Å². The zero-order valence-corrected chi connectivity index (χ0v) is 5.04. The molecule has 0 saturated carbocycles. The number of hydrogen-bond donors (Lipinski definition) is 0. The number of hydrogen-bond acceptors (Lipinski definition) is 2. The summed E-state index contributed by atoms with van der Waals surface area (Å²) in [5.41, 5.74) is 0. The third kappa shape index (κ3) is 5.08. The maximum Gasteiger partial charge on any atom is 0.0583 e. The number of nitrogens with zero attached hydrogens (tertiary/aromatic N) is 2. The monoisotopic (exact) mass is 110 g/mol. The molecule has 0 atom stereocenters.